The average Bonchev–Trinajstić information content (AvgIpc) is 3.36. The van der Waals surface area contributed by atoms with Gasteiger partial charge in [0.25, 0.3) is 5.91 Å². The number of fused-ring (bicyclic) bond motifs is 1. The van der Waals surface area contributed by atoms with Gasteiger partial charge in [0.05, 0.1) is 0 Å². The van der Waals surface area contributed by atoms with Gasteiger partial charge < -0.3 is 14.2 Å². The average molecular weight is 403 g/mol. The van der Waals surface area contributed by atoms with Crippen molar-refractivity contribution in [3.63, 3.8) is 0 Å². The minimum Gasteiger partial charge on any atom is -0.450 e. The van der Waals surface area contributed by atoms with Crippen molar-refractivity contribution in [3.05, 3.63) is 65.7 Å². The molecule has 0 bridgehead atoms. The molecule has 0 radical (unpaired) electrons. The molecule has 0 N–H and O–H groups in total. The van der Waals surface area contributed by atoms with E-state index in [9.17, 15) is 9.59 Å². The summed E-state index contributed by atoms with van der Waals surface area (Å²) in [4.78, 5) is 32.8. The Morgan fingerprint density at radius 2 is 1.73 bits per heavy atom. The number of carbonyl (C=O) groups is 2. The molecule has 1 aliphatic carbocycles. The van der Waals surface area contributed by atoms with Gasteiger partial charge in [-0.2, -0.15) is 0 Å². The zero-order valence-electron chi connectivity index (χ0n) is 17.5. The zero-order valence-corrected chi connectivity index (χ0v) is 17.5. The number of pyridine rings is 1. The van der Waals surface area contributed by atoms with Gasteiger partial charge in [-0.15, -0.1) is 0 Å². The molecule has 0 saturated heterocycles. The molecule has 0 unspecified atom stereocenters. The van der Waals surface area contributed by atoms with Gasteiger partial charge in [0, 0.05) is 55.6 Å². The normalized spacial score (nSPS) is 13.0. The summed E-state index contributed by atoms with van der Waals surface area (Å²) >= 11 is 0. The quantitative estimate of drug-likeness (QED) is 0.627. The van der Waals surface area contributed by atoms with Crippen LogP contribution in [-0.4, -0.2) is 60.7 Å². The van der Waals surface area contributed by atoms with E-state index < -0.39 is 0 Å². The first-order valence-electron chi connectivity index (χ1n) is 10.0. The van der Waals surface area contributed by atoms with Gasteiger partial charge in [-0.3, -0.25) is 14.6 Å². The summed E-state index contributed by atoms with van der Waals surface area (Å²) in [7, 11) is 5.73. The summed E-state index contributed by atoms with van der Waals surface area (Å²) < 4.78 is 6.12. The Labute approximate surface area is 176 Å². The molecule has 154 valence electrons. The number of hydrogen-bond acceptors (Lipinski definition) is 5. The number of furan rings is 1. The molecule has 6 nitrogen and oxygen atoms in total. The number of rotatable bonds is 6. The van der Waals surface area contributed by atoms with Crippen LogP contribution in [0.1, 0.15) is 32.9 Å². The number of aryl methyl sites for hydroxylation is 1. The van der Waals surface area contributed by atoms with Crippen molar-refractivity contribution >= 4 is 11.7 Å². The summed E-state index contributed by atoms with van der Waals surface area (Å²) in [5, 5.41) is 0. The van der Waals surface area contributed by atoms with Crippen molar-refractivity contribution in [1.29, 1.82) is 0 Å². The van der Waals surface area contributed by atoms with Crippen LogP contribution in [0.3, 0.4) is 0 Å². The van der Waals surface area contributed by atoms with Gasteiger partial charge >= 0.3 is 0 Å². The Morgan fingerprint density at radius 1 is 0.967 bits per heavy atom. The largest absolute Gasteiger partial charge is 0.450 e. The Balaban J connectivity index is 1.74. The van der Waals surface area contributed by atoms with Crippen LogP contribution in [0.15, 0.2) is 53.2 Å². The fraction of sp³-hybridized carbons (Fsp3) is 0.292. The van der Waals surface area contributed by atoms with Crippen molar-refractivity contribution in [2.75, 3.05) is 34.2 Å². The Kier molecular flexibility index (Phi) is 5.50. The van der Waals surface area contributed by atoms with Crippen LogP contribution in [-0.2, 0) is 6.42 Å². The van der Waals surface area contributed by atoms with Crippen molar-refractivity contribution in [3.8, 4) is 22.5 Å². The first-order chi connectivity index (χ1) is 14.4. The molecule has 30 heavy (non-hydrogen) atoms. The predicted molar refractivity (Wildman–Crippen MR) is 116 cm³/mol. The number of hydrogen-bond donors (Lipinski definition) is 0. The first-order valence-corrected chi connectivity index (χ1v) is 10.0. The molecule has 2 heterocycles. The van der Waals surface area contributed by atoms with Crippen LogP contribution in [0.25, 0.3) is 22.5 Å². The van der Waals surface area contributed by atoms with Gasteiger partial charge in [0.15, 0.2) is 11.5 Å². The van der Waals surface area contributed by atoms with E-state index >= 15 is 0 Å². The van der Waals surface area contributed by atoms with Gasteiger partial charge in [0.1, 0.15) is 5.76 Å². The highest BCUT2D eigenvalue weighted by Gasteiger charge is 2.24. The maximum absolute atomic E-state index is 13.0. The SMILES string of the molecule is CN(C)CCN(C)C(=O)c1cc(-c2ccncc2)c(-c2ccc3c(c2)CCC3=O)o1. The minimum atomic E-state index is -0.158. The number of nitrogens with zero attached hydrogens (tertiary/aromatic N) is 3. The summed E-state index contributed by atoms with van der Waals surface area (Å²) in [6, 6.07) is 11.4. The second kappa shape index (κ2) is 8.24. The molecule has 0 spiro atoms. The zero-order chi connectivity index (χ0) is 21.3. The lowest BCUT2D eigenvalue weighted by atomic mass is 9.99. The first kappa shape index (κ1) is 20.0. The number of amides is 1. The van der Waals surface area contributed by atoms with Crippen LogP contribution >= 0.6 is 0 Å². The third-order valence-electron chi connectivity index (χ3n) is 5.45. The topological polar surface area (TPSA) is 66.7 Å². The molecule has 1 aromatic carbocycles. The van der Waals surface area contributed by atoms with E-state index in [0.717, 1.165) is 40.8 Å². The lowest BCUT2D eigenvalue weighted by Gasteiger charge is -2.18. The molecule has 0 saturated carbocycles. The van der Waals surface area contributed by atoms with Crippen molar-refractivity contribution < 1.29 is 14.0 Å². The second-order valence-electron chi connectivity index (χ2n) is 7.91. The van der Waals surface area contributed by atoms with E-state index in [4.69, 9.17) is 4.42 Å². The van der Waals surface area contributed by atoms with E-state index in [-0.39, 0.29) is 11.7 Å². The van der Waals surface area contributed by atoms with Gasteiger partial charge in [-0.05, 0) is 55.9 Å². The van der Waals surface area contributed by atoms with E-state index in [1.165, 1.54) is 0 Å². The maximum Gasteiger partial charge on any atom is 0.289 e. The van der Waals surface area contributed by atoms with Crippen LogP contribution in [0.5, 0.6) is 0 Å². The summed E-state index contributed by atoms with van der Waals surface area (Å²) in [5.74, 6) is 0.959. The Hall–Kier alpha value is -3.25. The Bertz CT molecular complexity index is 1090. The summed E-state index contributed by atoms with van der Waals surface area (Å²) in [5.41, 5.74) is 4.45. The minimum absolute atomic E-state index is 0.158. The molecule has 3 aromatic rings. The highest BCUT2D eigenvalue weighted by atomic mass is 16.4. The number of ketones is 1. The molecule has 1 aliphatic rings. The number of carbonyl (C=O) groups excluding carboxylic acids is 2. The van der Waals surface area contributed by atoms with Gasteiger partial charge in [-0.25, -0.2) is 0 Å². The van der Waals surface area contributed by atoms with Crippen molar-refractivity contribution in [2.24, 2.45) is 0 Å². The predicted octanol–water partition coefficient (Wildman–Crippen LogP) is 3.77. The smallest absolute Gasteiger partial charge is 0.289 e. The van der Waals surface area contributed by atoms with Crippen molar-refractivity contribution in [2.45, 2.75) is 12.8 Å². The monoisotopic (exact) mass is 403 g/mol. The molecule has 2 aromatic heterocycles. The van der Waals surface area contributed by atoms with Crippen LogP contribution in [0.4, 0.5) is 0 Å². The van der Waals surface area contributed by atoms with E-state index in [1.807, 2.05) is 49.3 Å². The van der Waals surface area contributed by atoms with Crippen LogP contribution in [0.2, 0.25) is 0 Å². The molecule has 0 atom stereocenters. The number of likely N-dealkylation sites (N-methyl/N-ethyl adjacent to an activating group) is 2. The third-order valence-corrected chi connectivity index (χ3v) is 5.45. The summed E-state index contributed by atoms with van der Waals surface area (Å²) in [6.45, 7) is 1.37. The van der Waals surface area contributed by atoms with Gasteiger partial charge in [0.2, 0.25) is 0 Å². The van der Waals surface area contributed by atoms with E-state index in [2.05, 4.69) is 4.98 Å². The van der Waals surface area contributed by atoms with Gasteiger partial charge in [-0.1, -0.05) is 12.1 Å². The van der Waals surface area contributed by atoms with Crippen LogP contribution < -0.4 is 0 Å². The Morgan fingerprint density at radius 3 is 2.47 bits per heavy atom. The molecule has 1 amide bonds. The maximum atomic E-state index is 13.0. The molecular weight excluding hydrogens is 378 g/mol. The highest BCUT2D eigenvalue weighted by molar-refractivity contribution is 6.01. The fourth-order valence-corrected chi connectivity index (χ4v) is 3.69. The molecule has 6 heteroatoms. The molecular formula is C24H25N3O3. The highest BCUT2D eigenvalue weighted by Crippen LogP contribution is 2.37. The number of aromatic nitrogens is 1. The summed E-state index contributed by atoms with van der Waals surface area (Å²) in [6.07, 6.45) is 4.73. The number of benzene rings is 1. The lowest BCUT2D eigenvalue weighted by Crippen LogP contribution is -2.33. The molecule has 0 fully saturated rings. The second-order valence-corrected chi connectivity index (χ2v) is 7.91. The van der Waals surface area contributed by atoms with Crippen molar-refractivity contribution in [1.82, 2.24) is 14.8 Å². The standard InChI is InChI=1S/C24H25N3O3/c1-26(2)12-13-27(3)24(29)22-15-20(16-8-10-25-11-9-16)23(30-22)18-4-6-19-17(14-18)5-7-21(19)28/h4,6,8-11,14-15H,5,7,12-13H2,1-3H3. The lowest BCUT2D eigenvalue weighted by molar-refractivity contribution is 0.0755. The van der Waals surface area contributed by atoms with E-state index in [0.29, 0.717) is 24.5 Å². The van der Waals surface area contributed by atoms with Crippen LogP contribution in [0, 0.1) is 0 Å². The molecule has 0 aliphatic heterocycles. The number of Topliss-reactive ketones (excluding diaryl/α,β-unsaturated/α-hetero) is 1. The molecule has 4 rings (SSSR count). The fourth-order valence-electron chi connectivity index (χ4n) is 3.69. The third kappa shape index (κ3) is 3.91. The van der Waals surface area contributed by atoms with E-state index in [1.54, 1.807) is 30.4 Å².